The lowest BCUT2D eigenvalue weighted by Crippen LogP contribution is -2.64. The van der Waals surface area contributed by atoms with Crippen LogP contribution in [0.3, 0.4) is 0 Å². The monoisotopic (exact) mass is 678 g/mol. The van der Waals surface area contributed by atoms with Crippen molar-refractivity contribution in [1.29, 1.82) is 0 Å². The molecule has 2 aliphatic heterocycles. The number of hydrogen-bond acceptors (Lipinski definition) is 10. The molecule has 0 aromatic heterocycles. The van der Waals surface area contributed by atoms with Crippen molar-refractivity contribution in [3.63, 3.8) is 0 Å². The summed E-state index contributed by atoms with van der Waals surface area (Å²) in [5.74, 6) is -8.38. The Bertz CT molecular complexity index is 1740. The highest BCUT2D eigenvalue weighted by atomic mass is 16.4. The van der Waals surface area contributed by atoms with Crippen molar-refractivity contribution in [3.05, 3.63) is 59.8 Å². The number of carbonyl (C=O) groups excluding carboxylic acids is 7. The van der Waals surface area contributed by atoms with Crippen LogP contribution in [0, 0.1) is 5.92 Å². The molecule has 0 unspecified atom stereocenters. The molecule has 2 aliphatic rings. The summed E-state index contributed by atoms with van der Waals surface area (Å²) in [5, 5.41) is 46.0. The smallest absolute Gasteiger partial charge is 0.288 e. The van der Waals surface area contributed by atoms with Crippen LogP contribution in [0.1, 0.15) is 44.7 Å². The summed E-state index contributed by atoms with van der Waals surface area (Å²) in [5.41, 5.74) is 2.95. The largest absolute Gasteiger partial charge is 0.507 e. The van der Waals surface area contributed by atoms with Crippen molar-refractivity contribution in [2.24, 2.45) is 11.7 Å². The van der Waals surface area contributed by atoms with Gasteiger partial charge in [-0.15, -0.1) is 0 Å². The van der Waals surface area contributed by atoms with Crippen molar-refractivity contribution < 1.29 is 48.9 Å². The molecule has 0 spiro atoms. The number of nitrogens with two attached hydrogens (primary N) is 1. The highest BCUT2D eigenvalue weighted by molar-refractivity contribution is 6.37. The zero-order valence-corrected chi connectivity index (χ0v) is 26.9. The second kappa shape index (κ2) is 14.7. The normalized spacial score (nSPS) is 24.3. The number of aliphatic hydroxyl groups is 2. The summed E-state index contributed by atoms with van der Waals surface area (Å²) < 4.78 is 0. The number of anilines is 1. The maximum atomic E-state index is 13.7. The molecule has 0 fully saturated rings. The molecular formula is C33H38N6O10. The maximum absolute atomic E-state index is 13.7. The van der Waals surface area contributed by atoms with Crippen molar-refractivity contribution in [1.82, 2.24) is 21.3 Å². The van der Waals surface area contributed by atoms with Gasteiger partial charge in [-0.1, -0.05) is 44.2 Å². The number of nitrogens with one attached hydrogen (secondary N) is 5. The number of primary amides is 1. The number of amides is 6. The van der Waals surface area contributed by atoms with Crippen LogP contribution in [0.4, 0.5) is 5.69 Å². The van der Waals surface area contributed by atoms with Crippen LogP contribution in [0.25, 0.3) is 11.1 Å². The summed E-state index contributed by atoms with van der Waals surface area (Å²) in [4.78, 5) is 91.8. The van der Waals surface area contributed by atoms with Gasteiger partial charge in [0.1, 0.15) is 30.0 Å². The van der Waals surface area contributed by atoms with Gasteiger partial charge in [0.15, 0.2) is 5.60 Å². The van der Waals surface area contributed by atoms with E-state index in [9.17, 15) is 48.9 Å². The minimum atomic E-state index is -2.83. The fraction of sp³-hybridized carbons (Fsp3) is 0.364. The quantitative estimate of drug-likeness (QED) is 0.149. The van der Waals surface area contributed by atoms with Gasteiger partial charge in [0.2, 0.25) is 29.4 Å². The fourth-order valence-corrected chi connectivity index (χ4v) is 5.58. The van der Waals surface area contributed by atoms with Gasteiger partial charge in [-0.3, -0.25) is 33.6 Å². The van der Waals surface area contributed by atoms with Gasteiger partial charge in [-0.25, -0.2) is 0 Å². The summed E-state index contributed by atoms with van der Waals surface area (Å²) in [6.45, 7) is 4.79. The molecule has 6 amide bonds. The first kappa shape index (κ1) is 36.2. The second-order valence-corrected chi connectivity index (χ2v) is 11.9. The summed E-state index contributed by atoms with van der Waals surface area (Å²) in [6, 6.07) is 3.02. The lowest BCUT2D eigenvalue weighted by atomic mass is 9.83. The van der Waals surface area contributed by atoms with E-state index in [-0.39, 0.29) is 34.5 Å². The fourth-order valence-electron chi connectivity index (χ4n) is 5.58. The molecule has 260 valence electrons. The molecule has 6 bridgehead atoms. The second-order valence-electron chi connectivity index (χ2n) is 11.9. The Labute approximate surface area is 280 Å². The molecule has 10 N–H and O–H groups in total. The van der Waals surface area contributed by atoms with Crippen LogP contribution >= 0.6 is 0 Å². The highest BCUT2D eigenvalue weighted by Gasteiger charge is 2.56. The average Bonchev–Trinajstić information content (AvgIpc) is 3.34. The Hall–Kier alpha value is -5.61. The minimum absolute atomic E-state index is 0.0270. The molecule has 0 saturated heterocycles. The SMILES string of the molecule is CC=CNC(=O)[C@H]1NC(=O)[C@@H](CC(N)=O)NC(=O)[C@@H](NC(=O)C(=O)[C@@H](C)CC)Cc2ccc(O)c(c2)-c2cccc3c2NC(=O)[C@@]3(O)[C@H]1O. The van der Waals surface area contributed by atoms with E-state index < -0.39 is 83.4 Å². The molecule has 16 nitrogen and oxygen atoms in total. The number of phenols is 1. The zero-order chi connectivity index (χ0) is 36.2. The molecule has 2 aromatic rings. The van der Waals surface area contributed by atoms with E-state index in [4.69, 9.17) is 5.73 Å². The third-order valence-electron chi connectivity index (χ3n) is 8.51. The molecule has 16 heteroatoms. The van der Waals surface area contributed by atoms with Gasteiger partial charge >= 0.3 is 0 Å². The van der Waals surface area contributed by atoms with Crippen LogP contribution in [0.5, 0.6) is 5.75 Å². The van der Waals surface area contributed by atoms with Gasteiger partial charge in [0.25, 0.3) is 11.8 Å². The van der Waals surface area contributed by atoms with Crippen molar-refractivity contribution in [2.45, 2.75) is 69.9 Å². The summed E-state index contributed by atoms with van der Waals surface area (Å²) in [7, 11) is 0. The van der Waals surface area contributed by atoms with Crippen molar-refractivity contribution >= 4 is 46.9 Å². The van der Waals surface area contributed by atoms with Crippen LogP contribution in [0.15, 0.2) is 48.7 Å². The van der Waals surface area contributed by atoms with E-state index in [2.05, 4.69) is 26.6 Å². The van der Waals surface area contributed by atoms with Crippen LogP contribution in [-0.2, 0) is 45.6 Å². The Morgan fingerprint density at radius 3 is 2.45 bits per heavy atom. The third kappa shape index (κ3) is 7.29. The molecule has 0 radical (unpaired) electrons. The number of carbonyl (C=O) groups is 7. The predicted molar refractivity (Wildman–Crippen MR) is 173 cm³/mol. The first-order valence-electron chi connectivity index (χ1n) is 15.5. The standard InChI is InChI=1S/C33H38N6O10/c1-4-11-35-30(46)25-27(43)33(49)19-8-6-7-17(24(19)39-32(33)48)18-12-16(9-10-22(18)40)13-20(37-31(47)26(42)15(3)5-2)28(44)36-21(14-23(34)41)29(45)38-25/h4,6-12,15,20-21,25,27,40,43,49H,5,13-14H2,1-3H3,(H2,34,41)(H,35,46)(H,36,44)(H,37,47)(H,38,45)(H,39,48)/t15-,20-,21+,25-,27-,33-/m0/s1. The average molecular weight is 679 g/mol. The van der Waals surface area contributed by atoms with Crippen LogP contribution in [0.2, 0.25) is 0 Å². The molecule has 6 atom stereocenters. The number of aliphatic hydroxyl groups excluding tert-OH is 1. The van der Waals surface area contributed by atoms with E-state index in [0.29, 0.717) is 12.0 Å². The molecule has 0 aliphatic carbocycles. The van der Waals surface area contributed by atoms with Crippen LogP contribution < -0.4 is 32.3 Å². The molecule has 4 rings (SSSR count). The Kier molecular flexibility index (Phi) is 10.8. The lowest BCUT2D eigenvalue weighted by Gasteiger charge is -2.33. The molecule has 0 saturated carbocycles. The van der Waals surface area contributed by atoms with Gasteiger partial charge in [-0.2, -0.15) is 0 Å². The van der Waals surface area contributed by atoms with Gasteiger partial charge < -0.3 is 47.6 Å². The van der Waals surface area contributed by atoms with Gasteiger partial charge in [0.05, 0.1) is 12.1 Å². The number of ketones is 1. The number of benzene rings is 2. The molecule has 2 aromatic carbocycles. The highest BCUT2D eigenvalue weighted by Crippen LogP contribution is 2.46. The topological polar surface area (TPSA) is 266 Å². The van der Waals surface area contributed by atoms with E-state index >= 15 is 0 Å². The molecular weight excluding hydrogens is 640 g/mol. The van der Waals surface area contributed by atoms with Gasteiger partial charge in [0, 0.05) is 29.0 Å². The number of fused-ring (bicyclic) bond motifs is 3. The predicted octanol–water partition coefficient (Wildman–Crippen LogP) is -1.29. The Morgan fingerprint density at radius 1 is 1.08 bits per heavy atom. The van der Waals surface area contributed by atoms with Gasteiger partial charge in [-0.05, 0) is 37.2 Å². The molecule has 2 heterocycles. The Morgan fingerprint density at radius 2 is 1.80 bits per heavy atom. The number of rotatable bonds is 8. The zero-order valence-electron chi connectivity index (χ0n) is 26.9. The summed E-state index contributed by atoms with van der Waals surface area (Å²) >= 11 is 0. The summed E-state index contributed by atoms with van der Waals surface area (Å²) in [6.07, 6.45) is -0.553. The third-order valence-corrected chi connectivity index (χ3v) is 8.51. The number of allylic oxidation sites excluding steroid dienone is 1. The first-order chi connectivity index (χ1) is 23.1. The van der Waals surface area contributed by atoms with E-state index in [1.165, 1.54) is 49.4 Å². The van der Waals surface area contributed by atoms with Crippen molar-refractivity contribution in [3.8, 4) is 16.9 Å². The number of Topliss-reactive ketones (excluding diaryl/α,β-unsaturated/α-hetero) is 1. The minimum Gasteiger partial charge on any atom is -0.507 e. The Balaban J connectivity index is 1.93. The van der Waals surface area contributed by atoms with Crippen molar-refractivity contribution in [2.75, 3.05) is 5.32 Å². The van der Waals surface area contributed by atoms with E-state index in [1.807, 2.05) is 0 Å². The maximum Gasteiger partial charge on any atom is 0.288 e. The lowest BCUT2D eigenvalue weighted by molar-refractivity contribution is -0.155. The first-order valence-corrected chi connectivity index (χ1v) is 15.5. The molecule has 49 heavy (non-hydrogen) atoms. The van der Waals surface area contributed by atoms with E-state index in [1.54, 1.807) is 13.8 Å². The number of hydrogen-bond donors (Lipinski definition) is 9. The number of para-hydroxylation sites is 1. The number of phenolic OH excluding ortho intramolecular Hbond substituents is 1. The number of aromatic hydroxyl groups is 1. The van der Waals surface area contributed by atoms with E-state index in [0.717, 1.165) is 6.20 Å². The van der Waals surface area contributed by atoms with Crippen LogP contribution in [-0.4, -0.2) is 80.8 Å².